The Kier molecular flexibility index (Phi) is 9.18. The average Bonchev–Trinajstić information content (AvgIpc) is 3.04. The Bertz CT molecular complexity index is 584. The minimum Gasteiger partial charge on any atom is -0.389 e. The maximum Gasteiger partial charge on any atom is 0.0721 e. The zero-order valence-corrected chi connectivity index (χ0v) is 17.1. The third-order valence-corrected chi connectivity index (χ3v) is 5.56. The topological polar surface area (TPSA) is 20.2 Å². The van der Waals surface area contributed by atoms with E-state index in [1.54, 1.807) is 0 Å². The first kappa shape index (κ1) is 21.0. The summed E-state index contributed by atoms with van der Waals surface area (Å²) in [7, 11) is 0. The fourth-order valence-corrected chi connectivity index (χ4v) is 4.15. The quantitative estimate of drug-likeness (QED) is 0.362. The lowest BCUT2D eigenvalue weighted by Crippen LogP contribution is -2.03. The highest BCUT2D eigenvalue weighted by Crippen LogP contribution is 2.33. The monoisotopic (exact) mass is 354 g/mol. The predicted octanol–water partition coefficient (Wildman–Crippen LogP) is 6.79. The molecule has 1 fully saturated rings. The van der Waals surface area contributed by atoms with Crippen molar-refractivity contribution < 1.29 is 5.11 Å². The van der Waals surface area contributed by atoms with Gasteiger partial charge in [-0.3, -0.25) is 0 Å². The molecule has 26 heavy (non-hydrogen) atoms. The smallest absolute Gasteiger partial charge is 0.0721 e. The molecule has 0 aliphatic heterocycles. The van der Waals surface area contributed by atoms with E-state index in [-0.39, 0.29) is 6.10 Å². The highest BCUT2D eigenvalue weighted by molar-refractivity contribution is 5.26. The number of hydrogen-bond acceptors (Lipinski definition) is 1. The lowest BCUT2D eigenvalue weighted by molar-refractivity contribution is 0.207. The summed E-state index contributed by atoms with van der Waals surface area (Å²) < 4.78 is 0. The molecule has 0 radical (unpaired) electrons. The van der Waals surface area contributed by atoms with Gasteiger partial charge in [0.05, 0.1) is 6.10 Å². The number of benzene rings is 1. The van der Waals surface area contributed by atoms with Gasteiger partial charge in [0.1, 0.15) is 0 Å². The van der Waals surface area contributed by atoms with Crippen molar-refractivity contribution in [3.63, 3.8) is 0 Å². The van der Waals surface area contributed by atoms with Crippen LogP contribution < -0.4 is 0 Å². The largest absolute Gasteiger partial charge is 0.389 e. The highest BCUT2D eigenvalue weighted by atomic mass is 16.3. The molecule has 1 heteroatoms. The number of aliphatic hydroxyl groups is 1. The summed E-state index contributed by atoms with van der Waals surface area (Å²) in [6.07, 6.45) is 17.3. The van der Waals surface area contributed by atoms with Gasteiger partial charge in [0.25, 0.3) is 0 Å². The first-order valence-corrected chi connectivity index (χ1v) is 10.7. The lowest BCUT2D eigenvalue weighted by Gasteiger charge is -2.09. The van der Waals surface area contributed by atoms with E-state index >= 15 is 0 Å². The Labute approximate surface area is 161 Å². The van der Waals surface area contributed by atoms with E-state index in [4.69, 9.17) is 0 Å². The number of allylic oxidation sites excluding steroid dienone is 3. The molecule has 1 aromatic rings. The maximum absolute atomic E-state index is 10.1. The summed E-state index contributed by atoms with van der Waals surface area (Å²) in [4.78, 5) is 0. The SMILES string of the molecule is CCCCCC[C@H](O)/C=C/C1CC[C@H](/C=C(\C)Cc2cccc(C)c2)C1. The van der Waals surface area contributed by atoms with E-state index < -0.39 is 0 Å². The van der Waals surface area contributed by atoms with Gasteiger partial charge in [0.2, 0.25) is 0 Å². The summed E-state index contributed by atoms with van der Waals surface area (Å²) in [6.45, 7) is 6.66. The van der Waals surface area contributed by atoms with Crippen LogP contribution in [0, 0.1) is 18.8 Å². The third-order valence-electron chi connectivity index (χ3n) is 5.56. The second kappa shape index (κ2) is 11.4. The van der Waals surface area contributed by atoms with Gasteiger partial charge in [0, 0.05) is 0 Å². The molecule has 0 saturated heterocycles. The Morgan fingerprint density at radius 1 is 1.19 bits per heavy atom. The van der Waals surface area contributed by atoms with Crippen LogP contribution in [0.1, 0.15) is 76.3 Å². The van der Waals surface area contributed by atoms with E-state index in [0.717, 1.165) is 19.3 Å². The number of unbranched alkanes of at least 4 members (excludes halogenated alkanes) is 3. The van der Waals surface area contributed by atoms with Crippen LogP contribution in [-0.2, 0) is 6.42 Å². The van der Waals surface area contributed by atoms with Crippen molar-refractivity contribution in [3.05, 3.63) is 59.2 Å². The molecule has 0 bridgehead atoms. The lowest BCUT2D eigenvalue weighted by atomic mass is 9.98. The molecular formula is C25H38O. The maximum atomic E-state index is 10.1. The van der Waals surface area contributed by atoms with Crippen LogP contribution >= 0.6 is 0 Å². The standard InChI is InChI=1S/C25H38O/c1-4-5-6-7-11-25(26)15-14-22-12-13-24(19-22)18-21(3)17-23-10-8-9-20(2)16-23/h8-10,14-16,18,22,24-26H,4-7,11-13,17,19H2,1-3H3/b15-14+,21-18+/t22?,24-,25+/m1/s1. The zero-order valence-electron chi connectivity index (χ0n) is 17.1. The van der Waals surface area contributed by atoms with Gasteiger partial charge >= 0.3 is 0 Å². The van der Waals surface area contributed by atoms with Gasteiger partial charge in [-0.25, -0.2) is 0 Å². The van der Waals surface area contributed by atoms with Crippen molar-refractivity contribution in [1.29, 1.82) is 0 Å². The van der Waals surface area contributed by atoms with Crippen LogP contribution in [0.2, 0.25) is 0 Å². The molecule has 1 aromatic carbocycles. The second-order valence-electron chi connectivity index (χ2n) is 8.31. The Balaban J connectivity index is 1.74. The molecule has 3 atom stereocenters. The summed E-state index contributed by atoms with van der Waals surface area (Å²) in [5.41, 5.74) is 4.25. The van der Waals surface area contributed by atoms with Gasteiger partial charge in [-0.2, -0.15) is 0 Å². The van der Waals surface area contributed by atoms with Crippen molar-refractivity contribution in [1.82, 2.24) is 0 Å². The van der Waals surface area contributed by atoms with Crippen molar-refractivity contribution >= 4 is 0 Å². The third kappa shape index (κ3) is 7.91. The van der Waals surface area contributed by atoms with Crippen LogP contribution in [0.4, 0.5) is 0 Å². The van der Waals surface area contributed by atoms with Crippen molar-refractivity contribution in [2.75, 3.05) is 0 Å². The molecule has 1 nitrogen and oxygen atoms in total. The average molecular weight is 355 g/mol. The van der Waals surface area contributed by atoms with Crippen LogP contribution in [0.3, 0.4) is 0 Å². The molecule has 1 N–H and O–H groups in total. The van der Waals surface area contributed by atoms with E-state index in [9.17, 15) is 5.11 Å². The highest BCUT2D eigenvalue weighted by Gasteiger charge is 2.21. The van der Waals surface area contributed by atoms with Crippen molar-refractivity contribution in [3.8, 4) is 0 Å². The van der Waals surface area contributed by atoms with Crippen LogP contribution in [0.15, 0.2) is 48.1 Å². The van der Waals surface area contributed by atoms with Gasteiger partial charge in [-0.05, 0) is 63.4 Å². The second-order valence-corrected chi connectivity index (χ2v) is 8.31. The van der Waals surface area contributed by atoms with E-state index in [1.165, 1.54) is 55.2 Å². The minimum atomic E-state index is -0.246. The molecule has 0 amide bonds. The Morgan fingerprint density at radius 3 is 2.77 bits per heavy atom. The molecule has 1 saturated carbocycles. The first-order chi connectivity index (χ1) is 12.6. The van der Waals surface area contributed by atoms with Crippen LogP contribution in [0.25, 0.3) is 0 Å². The van der Waals surface area contributed by atoms with E-state index in [2.05, 4.69) is 63.3 Å². The van der Waals surface area contributed by atoms with Gasteiger partial charge < -0.3 is 5.11 Å². The number of rotatable bonds is 10. The summed E-state index contributed by atoms with van der Waals surface area (Å²) in [6, 6.07) is 8.84. The Hall–Kier alpha value is -1.34. The van der Waals surface area contributed by atoms with Crippen molar-refractivity contribution in [2.24, 2.45) is 11.8 Å². The predicted molar refractivity (Wildman–Crippen MR) is 113 cm³/mol. The minimum absolute atomic E-state index is 0.246. The summed E-state index contributed by atoms with van der Waals surface area (Å²) >= 11 is 0. The molecular weight excluding hydrogens is 316 g/mol. The van der Waals surface area contributed by atoms with Crippen molar-refractivity contribution in [2.45, 2.75) is 84.7 Å². The fourth-order valence-electron chi connectivity index (χ4n) is 4.15. The molecule has 1 aliphatic rings. The molecule has 1 unspecified atom stereocenters. The van der Waals surface area contributed by atoms with Gasteiger partial charge in [-0.1, -0.05) is 86.2 Å². The molecule has 1 aliphatic carbocycles. The summed E-state index contributed by atoms with van der Waals surface area (Å²) in [5, 5.41) is 10.1. The molecule has 0 aromatic heterocycles. The molecule has 2 rings (SSSR count). The number of hydrogen-bond donors (Lipinski definition) is 1. The van der Waals surface area contributed by atoms with Gasteiger partial charge in [-0.15, -0.1) is 0 Å². The Morgan fingerprint density at radius 2 is 2.00 bits per heavy atom. The van der Waals surface area contributed by atoms with E-state index in [1.807, 2.05) is 0 Å². The van der Waals surface area contributed by atoms with Crippen LogP contribution in [0.5, 0.6) is 0 Å². The van der Waals surface area contributed by atoms with Gasteiger partial charge in [0.15, 0.2) is 0 Å². The molecule has 144 valence electrons. The molecule has 0 spiro atoms. The number of aryl methyl sites for hydroxylation is 1. The van der Waals surface area contributed by atoms with E-state index in [0.29, 0.717) is 11.8 Å². The molecule has 0 heterocycles. The summed E-state index contributed by atoms with van der Waals surface area (Å²) in [5.74, 6) is 1.35. The normalized spacial score (nSPS) is 22.2. The fraction of sp³-hybridized carbons (Fsp3) is 0.600. The first-order valence-electron chi connectivity index (χ1n) is 10.7. The zero-order chi connectivity index (χ0) is 18.8. The van der Waals surface area contributed by atoms with Crippen LogP contribution in [-0.4, -0.2) is 11.2 Å². The number of aliphatic hydroxyl groups excluding tert-OH is 1.